The Bertz CT molecular complexity index is 266. The number of hydrogen-bond donors (Lipinski definition) is 0. The highest BCUT2D eigenvalue weighted by Gasteiger charge is 2.15. The summed E-state index contributed by atoms with van der Waals surface area (Å²) in [7, 11) is 1.75. The highest BCUT2D eigenvalue weighted by molar-refractivity contribution is 7.14. The van der Waals surface area contributed by atoms with E-state index in [0.717, 1.165) is 5.75 Å². The van der Waals surface area contributed by atoms with Gasteiger partial charge in [0.25, 0.3) is 0 Å². The van der Waals surface area contributed by atoms with E-state index in [1.807, 2.05) is 0 Å². The predicted octanol–water partition coefficient (Wildman–Crippen LogP) is 2.75. The molecule has 0 radical (unpaired) electrons. The van der Waals surface area contributed by atoms with Gasteiger partial charge in [-0.3, -0.25) is 0 Å². The minimum atomic E-state index is 1.03. The molecule has 0 aliphatic carbocycles. The molecule has 2 heterocycles. The lowest BCUT2D eigenvalue weighted by atomic mass is 10.1. The van der Waals surface area contributed by atoms with Crippen LogP contribution in [0.4, 0.5) is 5.00 Å². The lowest BCUT2D eigenvalue weighted by Gasteiger charge is -2.27. The van der Waals surface area contributed by atoms with Crippen LogP contribution in [-0.2, 0) is 0 Å². The van der Waals surface area contributed by atoms with Crippen LogP contribution in [0.1, 0.15) is 19.3 Å². The van der Waals surface area contributed by atoms with Crippen molar-refractivity contribution < 1.29 is 4.74 Å². The van der Waals surface area contributed by atoms with E-state index in [1.54, 1.807) is 18.4 Å². The molecule has 1 aromatic heterocycles. The van der Waals surface area contributed by atoms with Crippen molar-refractivity contribution in [1.29, 1.82) is 0 Å². The van der Waals surface area contributed by atoms with E-state index in [0.29, 0.717) is 0 Å². The Morgan fingerprint density at radius 1 is 1.31 bits per heavy atom. The average Bonchev–Trinajstić information content (AvgIpc) is 2.67. The maximum Gasteiger partial charge on any atom is 0.153 e. The van der Waals surface area contributed by atoms with E-state index in [-0.39, 0.29) is 0 Å². The van der Waals surface area contributed by atoms with Crippen molar-refractivity contribution in [1.82, 2.24) is 0 Å². The SMILES string of the molecule is COc1ccsc1N1CCCCC1. The molecule has 1 saturated heterocycles. The van der Waals surface area contributed by atoms with Crippen LogP contribution >= 0.6 is 11.3 Å². The molecule has 0 N–H and O–H groups in total. The third-order valence-corrected chi connectivity index (χ3v) is 3.43. The lowest BCUT2D eigenvalue weighted by Crippen LogP contribution is -2.28. The summed E-state index contributed by atoms with van der Waals surface area (Å²) >= 11 is 1.78. The van der Waals surface area contributed by atoms with Gasteiger partial charge < -0.3 is 9.64 Å². The maximum absolute atomic E-state index is 5.31. The van der Waals surface area contributed by atoms with Gasteiger partial charge in [0.15, 0.2) is 5.75 Å². The fourth-order valence-corrected chi connectivity index (χ4v) is 2.69. The van der Waals surface area contributed by atoms with Gasteiger partial charge in [-0.25, -0.2) is 0 Å². The molecule has 0 atom stereocenters. The van der Waals surface area contributed by atoms with Gasteiger partial charge in [0, 0.05) is 13.1 Å². The van der Waals surface area contributed by atoms with Crippen molar-refractivity contribution >= 4 is 16.3 Å². The molecule has 0 bridgehead atoms. The second-order valence-corrected chi connectivity index (χ2v) is 4.24. The summed E-state index contributed by atoms with van der Waals surface area (Å²) in [5, 5.41) is 3.41. The van der Waals surface area contributed by atoms with Crippen LogP contribution < -0.4 is 9.64 Å². The first kappa shape index (κ1) is 8.88. The molecule has 2 nitrogen and oxygen atoms in total. The van der Waals surface area contributed by atoms with Crippen molar-refractivity contribution in [3.63, 3.8) is 0 Å². The van der Waals surface area contributed by atoms with Gasteiger partial charge in [-0.1, -0.05) is 0 Å². The Morgan fingerprint density at radius 3 is 2.77 bits per heavy atom. The highest BCUT2D eigenvalue weighted by Crippen LogP contribution is 2.35. The molecule has 0 saturated carbocycles. The number of rotatable bonds is 2. The number of thiophene rings is 1. The Kier molecular flexibility index (Phi) is 2.74. The normalized spacial score (nSPS) is 17.5. The van der Waals surface area contributed by atoms with Crippen molar-refractivity contribution in [2.24, 2.45) is 0 Å². The largest absolute Gasteiger partial charge is 0.494 e. The summed E-state index contributed by atoms with van der Waals surface area (Å²) in [6, 6.07) is 2.05. The topological polar surface area (TPSA) is 12.5 Å². The molecule has 13 heavy (non-hydrogen) atoms. The van der Waals surface area contributed by atoms with Gasteiger partial charge in [-0.15, -0.1) is 11.3 Å². The van der Waals surface area contributed by atoms with E-state index >= 15 is 0 Å². The van der Waals surface area contributed by atoms with E-state index in [1.165, 1.54) is 37.4 Å². The first-order chi connectivity index (χ1) is 6.42. The Balaban J connectivity index is 2.13. The van der Waals surface area contributed by atoms with E-state index in [9.17, 15) is 0 Å². The van der Waals surface area contributed by atoms with E-state index in [2.05, 4.69) is 16.3 Å². The first-order valence-electron chi connectivity index (χ1n) is 4.78. The number of hydrogen-bond acceptors (Lipinski definition) is 3. The smallest absolute Gasteiger partial charge is 0.153 e. The summed E-state index contributed by atoms with van der Waals surface area (Å²) in [5.74, 6) is 1.03. The van der Waals surface area contributed by atoms with Crippen LogP contribution in [0.3, 0.4) is 0 Å². The zero-order chi connectivity index (χ0) is 9.10. The fourth-order valence-electron chi connectivity index (χ4n) is 1.77. The summed E-state index contributed by atoms with van der Waals surface area (Å²) in [5.41, 5.74) is 0. The minimum Gasteiger partial charge on any atom is -0.494 e. The van der Waals surface area contributed by atoms with E-state index in [4.69, 9.17) is 4.74 Å². The molecule has 1 aromatic rings. The molecule has 0 amide bonds. The Labute approximate surface area is 83.1 Å². The predicted molar refractivity (Wildman–Crippen MR) is 56.9 cm³/mol. The standard InChI is InChI=1S/C10H15NOS/c1-12-9-5-8-13-10(9)11-6-3-2-4-7-11/h5,8H,2-4,6-7H2,1H3. The van der Waals surface area contributed by atoms with Crippen molar-refractivity contribution in [3.8, 4) is 5.75 Å². The molecule has 0 unspecified atom stereocenters. The van der Waals surface area contributed by atoms with Crippen LogP contribution in [0.15, 0.2) is 11.4 Å². The van der Waals surface area contributed by atoms with Crippen molar-refractivity contribution in [3.05, 3.63) is 11.4 Å². The summed E-state index contributed by atoms with van der Waals surface area (Å²) < 4.78 is 5.31. The summed E-state index contributed by atoms with van der Waals surface area (Å²) in [6.07, 6.45) is 4.02. The van der Waals surface area contributed by atoms with Gasteiger partial charge in [-0.2, -0.15) is 0 Å². The third-order valence-electron chi connectivity index (χ3n) is 2.47. The molecule has 72 valence electrons. The van der Waals surface area contributed by atoms with Crippen molar-refractivity contribution in [2.45, 2.75) is 19.3 Å². The van der Waals surface area contributed by atoms with Crippen LogP contribution in [0.5, 0.6) is 5.75 Å². The number of methoxy groups -OCH3 is 1. The third kappa shape index (κ3) is 1.80. The highest BCUT2D eigenvalue weighted by atomic mass is 32.1. The molecule has 2 rings (SSSR count). The molecule has 1 fully saturated rings. The number of ether oxygens (including phenoxy) is 1. The summed E-state index contributed by atoms with van der Waals surface area (Å²) in [6.45, 7) is 2.38. The zero-order valence-corrected chi connectivity index (χ0v) is 8.77. The van der Waals surface area contributed by atoms with Crippen LogP contribution in [0.2, 0.25) is 0 Å². The zero-order valence-electron chi connectivity index (χ0n) is 7.95. The van der Waals surface area contributed by atoms with Crippen LogP contribution in [0.25, 0.3) is 0 Å². The van der Waals surface area contributed by atoms with Gasteiger partial charge in [-0.05, 0) is 30.7 Å². The molecule has 0 aromatic carbocycles. The second kappa shape index (κ2) is 4.01. The van der Waals surface area contributed by atoms with Gasteiger partial charge in [0.1, 0.15) is 5.00 Å². The minimum absolute atomic E-state index is 1.03. The van der Waals surface area contributed by atoms with Crippen LogP contribution in [-0.4, -0.2) is 20.2 Å². The van der Waals surface area contributed by atoms with Gasteiger partial charge in [0.05, 0.1) is 7.11 Å². The fraction of sp³-hybridized carbons (Fsp3) is 0.600. The van der Waals surface area contributed by atoms with Crippen molar-refractivity contribution in [2.75, 3.05) is 25.1 Å². The number of nitrogens with zero attached hydrogens (tertiary/aromatic N) is 1. The van der Waals surface area contributed by atoms with Gasteiger partial charge >= 0.3 is 0 Å². The van der Waals surface area contributed by atoms with Crippen LogP contribution in [0, 0.1) is 0 Å². The molecular formula is C10H15NOS. The quantitative estimate of drug-likeness (QED) is 0.723. The Morgan fingerprint density at radius 2 is 2.08 bits per heavy atom. The number of anilines is 1. The lowest BCUT2D eigenvalue weighted by molar-refractivity contribution is 0.415. The molecular weight excluding hydrogens is 182 g/mol. The average molecular weight is 197 g/mol. The van der Waals surface area contributed by atoms with E-state index < -0.39 is 0 Å². The first-order valence-corrected chi connectivity index (χ1v) is 5.66. The molecule has 3 heteroatoms. The Hall–Kier alpha value is -0.700. The molecule has 1 aliphatic rings. The number of piperidine rings is 1. The monoisotopic (exact) mass is 197 g/mol. The summed E-state index contributed by atoms with van der Waals surface area (Å²) in [4.78, 5) is 2.44. The maximum atomic E-state index is 5.31. The molecule has 1 aliphatic heterocycles. The molecule has 0 spiro atoms. The second-order valence-electron chi connectivity index (χ2n) is 3.34. The van der Waals surface area contributed by atoms with Gasteiger partial charge in [0.2, 0.25) is 0 Å².